The Balaban J connectivity index is 1.67. The number of nitrogens with zero attached hydrogens (tertiary/aromatic N) is 4. The summed E-state index contributed by atoms with van der Waals surface area (Å²) in [5.41, 5.74) is 4.96. The lowest BCUT2D eigenvalue weighted by atomic mass is 10.1. The maximum Gasteiger partial charge on any atom is 0.231 e. The molecule has 4 heterocycles. The van der Waals surface area contributed by atoms with Crippen LogP contribution < -0.4 is 14.8 Å². The fourth-order valence-corrected chi connectivity index (χ4v) is 4.03. The van der Waals surface area contributed by atoms with Gasteiger partial charge in [0, 0.05) is 48.8 Å². The quantitative estimate of drug-likeness (QED) is 0.614. The van der Waals surface area contributed by atoms with Crippen LogP contribution in [0.25, 0.3) is 17.1 Å². The first-order chi connectivity index (χ1) is 13.7. The van der Waals surface area contributed by atoms with Crippen LogP contribution in [-0.2, 0) is 13.0 Å². The van der Waals surface area contributed by atoms with E-state index in [4.69, 9.17) is 0 Å². The third-order valence-corrected chi connectivity index (χ3v) is 5.38. The minimum Gasteiger partial charge on any atom is -0.369 e. The predicted molar refractivity (Wildman–Crippen MR) is 106 cm³/mol. The minimum absolute atomic E-state index is 0.0103. The molecule has 6 heteroatoms. The molecule has 5 nitrogen and oxygen atoms in total. The van der Waals surface area contributed by atoms with Crippen molar-refractivity contribution in [1.29, 1.82) is 0 Å². The van der Waals surface area contributed by atoms with E-state index in [0.717, 1.165) is 41.3 Å². The second-order valence-electron chi connectivity index (χ2n) is 7.11. The number of aryl methyl sites for hydroxylation is 2. The highest BCUT2D eigenvalue weighted by atomic mass is 19.1. The Hall–Kier alpha value is -3.41. The van der Waals surface area contributed by atoms with E-state index in [1.807, 2.05) is 41.3 Å². The Morgan fingerprint density at radius 1 is 1.21 bits per heavy atom. The second kappa shape index (κ2) is 6.64. The van der Waals surface area contributed by atoms with Crippen molar-refractivity contribution in [3.8, 4) is 11.4 Å². The van der Waals surface area contributed by atoms with E-state index >= 15 is 0 Å². The van der Waals surface area contributed by atoms with Gasteiger partial charge in [0.05, 0.1) is 6.20 Å². The van der Waals surface area contributed by atoms with Crippen LogP contribution in [0.15, 0.2) is 73.8 Å². The second-order valence-corrected chi connectivity index (χ2v) is 7.11. The van der Waals surface area contributed by atoms with Crippen LogP contribution in [0, 0.1) is 5.82 Å². The normalized spacial score (nSPS) is 18.2. The third kappa shape index (κ3) is 2.78. The molecule has 2 aliphatic rings. The van der Waals surface area contributed by atoms with E-state index in [1.54, 1.807) is 12.3 Å². The lowest BCUT2D eigenvalue weighted by Gasteiger charge is -2.29. The monoisotopic (exact) mass is 374 g/mol. The van der Waals surface area contributed by atoms with Crippen molar-refractivity contribution in [2.75, 3.05) is 4.90 Å². The van der Waals surface area contributed by atoms with Gasteiger partial charge in [-0.2, -0.15) is 9.67 Å². The Kier molecular flexibility index (Phi) is 3.97. The largest absolute Gasteiger partial charge is 0.369 e. The minimum atomic E-state index is -0.209. The van der Waals surface area contributed by atoms with Crippen LogP contribution in [0.3, 0.4) is 0 Å². The number of rotatable bonds is 0. The first-order valence-corrected chi connectivity index (χ1v) is 9.41. The molecule has 3 aromatic rings. The van der Waals surface area contributed by atoms with Crippen LogP contribution in [0.5, 0.6) is 0 Å². The summed E-state index contributed by atoms with van der Waals surface area (Å²) in [6.45, 7) is 5.03. The first-order valence-electron chi connectivity index (χ1n) is 9.41. The molecule has 5 rings (SSSR count). The number of hydrogen-bond donors (Lipinski definition) is 1. The molecular formula is C22H21FN5+. The molecule has 0 aliphatic carbocycles. The summed E-state index contributed by atoms with van der Waals surface area (Å²) in [6.07, 6.45) is 9.20. The van der Waals surface area contributed by atoms with Crippen molar-refractivity contribution in [2.45, 2.75) is 25.6 Å². The van der Waals surface area contributed by atoms with Crippen molar-refractivity contribution in [3.63, 3.8) is 0 Å². The molecule has 28 heavy (non-hydrogen) atoms. The molecule has 2 aliphatic heterocycles. The number of benzene rings is 1. The van der Waals surface area contributed by atoms with Gasteiger partial charge in [0.15, 0.2) is 12.7 Å². The zero-order valence-electron chi connectivity index (χ0n) is 15.4. The van der Waals surface area contributed by atoms with E-state index in [-0.39, 0.29) is 12.0 Å². The Morgan fingerprint density at radius 2 is 2.14 bits per heavy atom. The summed E-state index contributed by atoms with van der Waals surface area (Å²) in [6, 6.07) is 13.2. The summed E-state index contributed by atoms with van der Waals surface area (Å²) in [7, 11) is 0. The molecule has 0 radical (unpaired) electrons. The SMILES string of the molecule is C=C1CC2NC=CN2c2ccc(F)cc2CC[n+]2ccccc2-c2ccnn21. The zero-order valence-corrected chi connectivity index (χ0v) is 15.4. The van der Waals surface area contributed by atoms with E-state index in [0.29, 0.717) is 6.42 Å². The molecule has 0 spiro atoms. The Labute approximate surface area is 163 Å². The molecule has 1 N–H and O–H groups in total. The maximum atomic E-state index is 14.0. The zero-order chi connectivity index (χ0) is 19.1. The number of halogens is 1. The van der Waals surface area contributed by atoms with E-state index in [2.05, 4.69) is 38.7 Å². The highest BCUT2D eigenvalue weighted by molar-refractivity contribution is 5.62. The van der Waals surface area contributed by atoms with Crippen LogP contribution in [0.2, 0.25) is 0 Å². The van der Waals surface area contributed by atoms with Gasteiger partial charge >= 0.3 is 0 Å². The smallest absolute Gasteiger partial charge is 0.231 e. The molecule has 1 aromatic carbocycles. The first kappa shape index (κ1) is 16.7. The molecule has 0 amide bonds. The highest BCUT2D eigenvalue weighted by Gasteiger charge is 2.27. The standard InChI is InChI=1S/C22H21FN5/c1-16-14-22-24-10-13-27(22)19-6-5-18(23)15-17(19)8-12-26-11-3-2-4-20(26)21-7-9-25-28(16)21/h2-7,9-11,13,15,22,24H,1,8,12,14H2/q+1. The van der Waals surface area contributed by atoms with Gasteiger partial charge in [-0.1, -0.05) is 6.58 Å². The van der Waals surface area contributed by atoms with Crippen molar-refractivity contribution in [2.24, 2.45) is 0 Å². The average Bonchev–Trinajstić information content (AvgIpc) is 3.35. The molecular weight excluding hydrogens is 353 g/mol. The molecule has 1 atom stereocenters. The molecule has 0 bridgehead atoms. The summed E-state index contributed by atoms with van der Waals surface area (Å²) >= 11 is 0. The Morgan fingerprint density at radius 3 is 3.07 bits per heavy atom. The topological polar surface area (TPSA) is 37.0 Å². The average molecular weight is 374 g/mol. The summed E-state index contributed by atoms with van der Waals surface area (Å²) in [4.78, 5) is 2.15. The third-order valence-electron chi connectivity index (χ3n) is 5.38. The van der Waals surface area contributed by atoms with Crippen LogP contribution in [0.4, 0.5) is 10.1 Å². The molecule has 0 saturated heterocycles. The maximum absolute atomic E-state index is 14.0. The molecule has 2 aromatic heterocycles. The fraction of sp³-hybridized carbons (Fsp3) is 0.182. The van der Waals surface area contributed by atoms with E-state index in [1.165, 1.54) is 6.07 Å². The van der Waals surface area contributed by atoms with Crippen LogP contribution >= 0.6 is 0 Å². The van der Waals surface area contributed by atoms with E-state index in [9.17, 15) is 4.39 Å². The van der Waals surface area contributed by atoms with Gasteiger partial charge in [-0.15, -0.1) is 0 Å². The van der Waals surface area contributed by atoms with Gasteiger partial charge in [-0.3, -0.25) is 0 Å². The number of fused-ring (bicyclic) bond motifs is 6. The van der Waals surface area contributed by atoms with Gasteiger partial charge in [0.1, 0.15) is 17.7 Å². The summed E-state index contributed by atoms with van der Waals surface area (Å²) < 4.78 is 18.1. The number of nitrogens with one attached hydrogen (secondary N) is 1. The van der Waals surface area contributed by atoms with Crippen molar-refractivity contribution in [3.05, 3.63) is 85.2 Å². The molecule has 0 saturated carbocycles. The number of anilines is 1. The van der Waals surface area contributed by atoms with Crippen molar-refractivity contribution >= 4 is 11.4 Å². The van der Waals surface area contributed by atoms with Crippen LogP contribution in [-0.4, -0.2) is 15.9 Å². The lowest BCUT2D eigenvalue weighted by molar-refractivity contribution is -0.686. The van der Waals surface area contributed by atoms with Crippen LogP contribution in [0.1, 0.15) is 12.0 Å². The number of aromatic nitrogens is 3. The van der Waals surface area contributed by atoms with Crippen molar-refractivity contribution in [1.82, 2.24) is 15.1 Å². The molecule has 140 valence electrons. The van der Waals surface area contributed by atoms with Gasteiger partial charge in [-0.05, 0) is 35.9 Å². The fourth-order valence-electron chi connectivity index (χ4n) is 4.03. The summed E-state index contributed by atoms with van der Waals surface area (Å²) in [5.74, 6) is -0.209. The Bertz CT molecular complexity index is 1080. The highest BCUT2D eigenvalue weighted by Crippen LogP contribution is 2.30. The van der Waals surface area contributed by atoms with Crippen molar-refractivity contribution < 1.29 is 8.96 Å². The summed E-state index contributed by atoms with van der Waals surface area (Å²) in [5, 5.41) is 7.91. The molecule has 1 unspecified atom stereocenters. The lowest BCUT2D eigenvalue weighted by Crippen LogP contribution is -2.39. The predicted octanol–water partition coefficient (Wildman–Crippen LogP) is 3.30. The van der Waals surface area contributed by atoms with Gasteiger partial charge in [0.25, 0.3) is 0 Å². The molecule has 0 fully saturated rings. The van der Waals surface area contributed by atoms with E-state index < -0.39 is 0 Å². The number of pyridine rings is 1. The van der Waals surface area contributed by atoms with Gasteiger partial charge in [-0.25, -0.2) is 9.07 Å². The number of hydrogen-bond acceptors (Lipinski definition) is 3. The van der Waals surface area contributed by atoms with Gasteiger partial charge in [0.2, 0.25) is 5.69 Å². The van der Waals surface area contributed by atoms with Gasteiger partial charge < -0.3 is 10.2 Å².